The Morgan fingerprint density at radius 1 is 1.53 bits per heavy atom. The third kappa shape index (κ3) is 2.82. The van der Waals surface area contributed by atoms with Gasteiger partial charge in [-0.1, -0.05) is 18.2 Å². The highest BCUT2D eigenvalue weighted by Gasteiger charge is 2.10. The van der Waals surface area contributed by atoms with Crippen LogP contribution >= 0.6 is 0 Å². The first-order valence-corrected chi connectivity index (χ1v) is 4.37. The van der Waals surface area contributed by atoms with Gasteiger partial charge in [-0.15, -0.1) is 0 Å². The number of methoxy groups -OCH3 is 1. The van der Waals surface area contributed by atoms with Gasteiger partial charge in [-0.2, -0.15) is 0 Å². The summed E-state index contributed by atoms with van der Waals surface area (Å²) in [5.41, 5.74) is 0.827. The summed E-state index contributed by atoms with van der Waals surface area (Å²) in [4.78, 5) is 11.1. The van der Waals surface area contributed by atoms with Crippen molar-refractivity contribution < 1.29 is 19.7 Å². The van der Waals surface area contributed by atoms with Gasteiger partial charge in [-0.05, 0) is 17.7 Å². The zero-order valence-electron chi connectivity index (χ0n) is 8.30. The minimum absolute atomic E-state index is 0.0699. The summed E-state index contributed by atoms with van der Waals surface area (Å²) in [6, 6.07) is 4.55. The van der Waals surface area contributed by atoms with Gasteiger partial charge >= 0.3 is 5.97 Å². The van der Waals surface area contributed by atoms with Crippen molar-refractivity contribution in [1.82, 2.24) is 0 Å². The molecule has 0 aromatic heterocycles. The highest BCUT2D eigenvalue weighted by Crippen LogP contribution is 2.20. The third-order valence-corrected chi connectivity index (χ3v) is 1.84. The Balaban J connectivity index is 2.98. The monoisotopic (exact) mass is 208 g/mol. The molecule has 2 N–H and O–H groups in total. The molecule has 4 nitrogen and oxygen atoms in total. The second-order valence-electron chi connectivity index (χ2n) is 2.85. The second-order valence-corrected chi connectivity index (χ2v) is 2.85. The van der Waals surface area contributed by atoms with Gasteiger partial charge in [0.25, 0.3) is 0 Å². The number of carbonyl (C=O) groups is 1. The average molecular weight is 208 g/mol. The molecule has 0 amide bonds. The van der Waals surface area contributed by atoms with Crippen LogP contribution in [-0.4, -0.2) is 29.9 Å². The van der Waals surface area contributed by atoms with E-state index in [9.17, 15) is 9.90 Å². The summed E-state index contributed by atoms with van der Waals surface area (Å²) in [6.45, 7) is -0.0699. The van der Waals surface area contributed by atoms with Gasteiger partial charge in [0.15, 0.2) is 0 Å². The zero-order valence-corrected chi connectivity index (χ0v) is 8.30. The van der Waals surface area contributed by atoms with E-state index in [1.807, 2.05) is 0 Å². The predicted octanol–water partition coefficient (Wildman–Crippen LogP) is 1.18. The van der Waals surface area contributed by atoms with Crippen LogP contribution in [0, 0.1) is 0 Å². The highest BCUT2D eigenvalue weighted by molar-refractivity contribution is 5.92. The summed E-state index contributed by atoms with van der Waals surface area (Å²) in [5, 5.41) is 18.0. The molecule has 0 saturated carbocycles. The van der Waals surface area contributed by atoms with Crippen molar-refractivity contribution >= 4 is 12.0 Å². The van der Waals surface area contributed by atoms with Crippen molar-refractivity contribution in [1.29, 1.82) is 0 Å². The number of aromatic hydroxyl groups is 1. The molecular weight excluding hydrogens is 196 g/mol. The van der Waals surface area contributed by atoms with Gasteiger partial charge in [0, 0.05) is 0 Å². The van der Waals surface area contributed by atoms with Gasteiger partial charge in [0.2, 0.25) is 0 Å². The molecule has 80 valence electrons. The number of aliphatic hydroxyl groups is 1. The lowest BCUT2D eigenvalue weighted by molar-refractivity contribution is 0.0597. The number of ether oxygens (including phenoxy) is 1. The van der Waals surface area contributed by atoms with Crippen LogP contribution in [0.5, 0.6) is 5.75 Å². The van der Waals surface area contributed by atoms with E-state index in [0.29, 0.717) is 5.56 Å². The molecule has 0 aliphatic heterocycles. The van der Waals surface area contributed by atoms with Crippen LogP contribution in [-0.2, 0) is 4.74 Å². The largest absolute Gasteiger partial charge is 0.507 e. The first kappa shape index (κ1) is 11.3. The zero-order chi connectivity index (χ0) is 11.3. The first-order valence-electron chi connectivity index (χ1n) is 4.37. The first-order chi connectivity index (χ1) is 7.19. The molecule has 4 heteroatoms. The molecule has 0 spiro atoms. The third-order valence-electron chi connectivity index (χ3n) is 1.84. The van der Waals surface area contributed by atoms with Crippen LogP contribution in [0.15, 0.2) is 24.3 Å². The molecule has 0 aliphatic carbocycles. The average Bonchev–Trinajstić information content (AvgIpc) is 2.25. The van der Waals surface area contributed by atoms with E-state index in [2.05, 4.69) is 4.74 Å². The lowest BCUT2D eigenvalue weighted by Gasteiger charge is -2.03. The Hall–Kier alpha value is -1.81. The smallest absolute Gasteiger partial charge is 0.341 e. The number of aliphatic hydroxyl groups excluding tert-OH is 1. The fraction of sp³-hybridized carbons (Fsp3) is 0.182. The minimum Gasteiger partial charge on any atom is -0.507 e. The molecule has 0 radical (unpaired) electrons. The van der Waals surface area contributed by atoms with E-state index in [1.165, 1.54) is 25.3 Å². The number of rotatable bonds is 3. The molecule has 1 aromatic rings. The number of benzene rings is 1. The van der Waals surface area contributed by atoms with E-state index in [-0.39, 0.29) is 17.9 Å². The number of hydrogen-bond acceptors (Lipinski definition) is 4. The topological polar surface area (TPSA) is 66.8 Å². The Bertz CT molecular complexity index is 382. The summed E-state index contributed by atoms with van der Waals surface area (Å²) in [7, 11) is 1.25. The maximum atomic E-state index is 11.1. The van der Waals surface area contributed by atoms with Crippen LogP contribution in [0.25, 0.3) is 6.08 Å². The fourth-order valence-corrected chi connectivity index (χ4v) is 1.12. The van der Waals surface area contributed by atoms with Crippen molar-refractivity contribution in [2.45, 2.75) is 0 Å². The van der Waals surface area contributed by atoms with Gasteiger partial charge in [-0.3, -0.25) is 0 Å². The SMILES string of the molecule is COC(=O)c1ccc(C=CCO)cc1O. The summed E-state index contributed by atoms with van der Waals surface area (Å²) in [6.07, 6.45) is 3.17. The van der Waals surface area contributed by atoms with E-state index < -0.39 is 5.97 Å². The molecule has 15 heavy (non-hydrogen) atoms. The fourth-order valence-electron chi connectivity index (χ4n) is 1.12. The van der Waals surface area contributed by atoms with Crippen molar-refractivity contribution in [3.05, 3.63) is 35.4 Å². The molecule has 1 rings (SSSR count). The van der Waals surface area contributed by atoms with Crippen molar-refractivity contribution in [3.8, 4) is 5.75 Å². The van der Waals surface area contributed by atoms with E-state index in [1.54, 1.807) is 12.1 Å². The van der Waals surface area contributed by atoms with E-state index in [0.717, 1.165) is 0 Å². The number of phenolic OH excluding ortho intramolecular Hbond substituents is 1. The summed E-state index contributed by atoms with van der Waals surface area (Å²) >= 11 is 0. The van der Waals surface area contributed by atoms with Gasteiger partial charge in [-0.25, -0.2) is 4.79 Å². The Labute approximate surface area is 87.4 Å². The lowest BCUT2D eigenvalue weighted by atomic mass is 10.1. The maximum Gasteiger partial charge on any atom is 0.341 e. The maximum absolute atomic E-state index is 11.1. The molecule has 0 aliphatic rings. The van der Waals surface area contributed by atoms with Crippen LogP contribution in [0.3, 0.4) is 0 Å². The molecule has 0 unspecified atom stereocenters. The van der Waals surface area contributed by atoms with Crippen molar-refractivity contribution in [2.75, 3.05) is 13.7 Å². The summed E-state index contributed by atoms with van der Waals surface area (Å²) < 4.78 is 4.48. The van der Waals surface area contributed by atoms with Crippen molar-refractivity contribution in [3.63, 3.8) is 0 Å². The van der Waals surface area contributed by atoms with Crippen LogP contribution < -0.4 is 0 Å². The lowest BCUT2D eigenvalue weighted by Crippen LogP contribution is -2.01. The van der Waals surface area contributed by atoms with E-state index >= 15 is 0 Å². The molecular formula is C11H12O4. The molecule has 0 fully saturated rings. The normalized spacial score (nSPS) is 10.5. The van der Waals surface area contributed by atoms with Gasteiger partial charge in [0.1, 0.15) is 11.3 Å². The Kier molecular flexibility index (Phi) is 3.88. The van der Waals surface area contributed by atoms with Crippen molar-refractivity contribution in [2.24, 2.45) is 0 Å². The Morgan fingerprint density at radius 3 is 2.80 bits per heavy atom. The minimum atomic E-state index is -0.579. The van der Waals surface area contributed by atoms with Crippen LogP contribution in [0.4, 0.5) is 0 Å². The standard InChI is InChI=1S/C11H12O4/c1-15-11(14)9-5-4-8(3-2-6-12)7-10(9)13/h2-5,7,12-13H,6H2,1H3. The van der Waals surface area contributed by atoms with E-state index in [4.69, 9.17) is 5.11 Å². The number of carbonyl (C=O) groups excluding carboxylic acids is 1. The van der Waals surface area contributed by atoms with Gasteiger partial charge < -0.3 is 14.9 Å². The number of esters is 1. The second kappa shape index (κ2) is 5.17. The molecule has 0 heterocycles. The van der Waals surface area contributed by atoms with Gasteiger partial charge in [0.05, 0.1) is 13.7 Å². The molecule has 1 aromatic carbocycles. The predicted molar refractivity (Wildman–Crippen MR) is 55.6 cm³/mol. The van der Waals surface area contributed by atoms with Crippen LogP contribution in [0.1, 0.15) is 15.9 Å². The Morgan fingerprint density at radius 2 is 2.27 bits per heavy atom. The number of phenols is 1. The van der Waals surface area contributed by atoms with Crippen LogP contribution in [0.2, 0.25) is 0 Å². The number of hydrogen-bond donors (Lipinski definition) is 2. The summed E-state index contributed by atoms with van der Waals surface area (Å²) in [5.74, 6) is -0.716. The molecule has 0 saturated heterocycles. The highest BCUT2D eigenvalue weighted by atomic mass is 16.5. The quantitative estimate of drug-likeness (QED) is 0.732. The molecule has 0 atom stereocenters. The molecule has 0 bridgehead atoms.